The molecule has 106 valence electrons. The molecule has 0 atom stereocenters. The Morgan fingerprint density at radius 2 is 2.15 bits per heavy atom. The molecule has 1 N–H and O–H groups in total. The standard InChI is InChI=1S/C15H19N3O2/c1-3-4-9-13(19)16-10-14-17-15(18-20-14)12-8-6-5-7-11(12)2/h5-8H,3-4,9-10H2,1-2H3,(H,16,19). The molecule has 5 nitrogen and oxygen atoms in total. The summed E-state index contributed by atoms with van der Waals surface area (Å²) in [6.45, 7) is 4.33. The molecule has 1 amide bonds. The Bertz CT molecular complexity index is 578. The van der Waals surface area contributed by atoms with Crippen LogP contribution >= 0.6 is 0 Å². The van der Waals surface area contributed by atoms with Gasteiger partial charge < -0.3 is 9.84 Å². The zero-order valence-corrected chi connectivity index (χ0v) is 11.8. The molecule has 1 aromatic heterocycles. The highest BCUT2D eigenvalue weighted by atomic mass is 16.5. The third-order valence-corrected chi connectivity index (χ3v) is 3.05. The maximum Gasteiger partial charge on any atom is 0.246 e. The Morgan fingerprint density at radius 1 is 1.35 bits per heavy atom. The van der Waals surface area contributed by atoms with Crippen LogP contribution in [0, 0.1) is 6.92 Å². The highest BCUT2D eigenvalue weighted by Crippen LogP contribution is 2.19. The summed E-state index contributed by atoms with van der Waals surface area (Å²) in [5.41, 5.74) is 2.03. The lowest BCUT2D eigenvalue weighted by Crippen LogP contribution is -2.22. The molecule has 0 aliphatic heterocycles. The average Bonchev–Trinajstić information content (AvgIpc) is 2.92. The van der Waals surface area contributed by atoms with Crippen LogP contribution in [0.4, 0.5) is 0 Å². The van der Waals surface area contributed by atoms with Crippen LogP contribution in [-0.2, 0) is 11.3 Å². The van der Waals surface area contributed by atoms with Gasteiger partial charge in [-0.25, -0.2) is 0 Å². The number of benzene rings is 1. The smallest absolute Gasteiger partial charge is 0.246 e. The number of hydrogen-bond acceptors (Lipinski definition) is 4. The SMILES string of the molecule is CCCCC(=O)NCc1nc(-c2ccccc2C)no1. The number of aromatic nitrogens is 2. The molecule has 0 unspecified atom stereocenters. The second kappa shape index (κ2) is 6.84. The molecule has 1 aromatic carbocycles. The van der Waals surface area contributed by atoms with Crippen molar-refractivity contribution in [1.29, 1.82) is 0 Å². The van der Waals surface area contributed by atoms with Crippen LogP contribution in [0.15, 0.2) is 28.8 Å². The second-order valence-electron chi connectivity index (χ2n) is 4.71. The van der Waals surface area contributed by atoms with Gasteiger partial charge in [0.25, 0.3) is 0 Å². The van der Waals surface area contributed by atoms with Gasteiger partial charge in [0.2, 0.25) is 17.6 Å². The molecule has 0 aliphatic carbocycles. The third kappa shape index (κ3) is 3.66. The molecule has 0 saturated heterocycles. The van der Waals surface area contributed by atoms with E-state index in [9.17, 15) is 4.79 Å². The van der Waals surface area contributed by atoms with Crippen LogP contribution in [0.3, 0.4) is 0 Å². The van der Waals surface area contributed by atoms with Crippen LogP contribution in [-0.4, -0.2) is 16.0 Å². The number of aryl methyl sites for hydroxylation is 1. The van der Waals surface area contributed by atoms with Gasteiger partial charge in [0.15, 0.2) is 0 Å². The first-order chi connectivity index (χ1) is 9.70. The molecule has 2 aromatic rings. The summed E-state index contributed by atoms with van der Waals surface area (Å²) in [6, 6.07) is 7.85. The van der Waals surface area contributed by atoms with Gasteiger partial charge in [-0.1, -0.05) is 42.8 Å². The number of hydrogen-bond donors (Lipinski definition) is 1. The predicted octanol–water partition coefficient (Wildman–Crippen LogP) is 2.85. The number of nitrogens with zero attached hydrogens (tertiary/aromatic N) is 2. The van der Waals surface area contributed by atoms with E-state index in [0.717, 1.165) is 24.0 Å². The Kier molecular flexibility index (Phi) is 4.87. The fraction of sp³-hybridized carbons (Fsp3) is 0.400. The summed E-state index contributed by atoms with van der Waals surface area (Å²) in [4.78, 5) is 15.8. The van der Waals surface area contributed by atoms with Crippen molar-refractivity contribution in [3.05, 3.63) is 35.7 Å². The van der Waals surface area contributed by atoms with Crippen LogP contribution < -0.4 is 5.32 Å². The lowest BCUT2D eigenvalue weighted by Gasteiger charge is -2.00. The highest BCUT2D eigenvalue weighted by Gasteiger charge is 2.11. The van der Waals surface area contributed by atoms with E-state index in [-0.39, 0.29) is 12.5 Å². The molecular weight excluding hydrogens is 254 g/mol. The first-order valence-electron chi connectivity index (χ1n) is 6.86. The van der Waals surface area contributed by atoms with Crippen LogP contribution in [0.1, 0.15) is 37.6 Å². The summed E-state index contributed by atoms with van der Waals surface area (Å²) in [5.74, 6) is 0.997. The number of rotatable bonds is 6. The first-order valence-corrected chi connectivity index (χ1v) is 6.86. The Hall–Kier alpha value is -2.17. The van der Waals surface area contributed by atoms with E-state index in [2.05, 4.69) is 22.4 Å². The van der Waals surface area contributed by atoms with Gasteiger partial charge in [0, 0.05) is 12.0 Å². The number of carbonyl (C=O) groups is 1. The normalized spacial score (nSPS) is 10.5. The van der Waals surface area contributed by atoms with Gasteiger partial charge in [-0.05, 0) is 18.9 Å². The summed E-state index contributed by atoms with van der Waals surface area (Å²) in [5, 5.41) is 6.73. The Balaban J connectivity index is 1.96. The van der Waals surface area contributed by atoms with Crippen LogP contribution in [0.5, 0.6) is 0 Å². The molecule has 5 heteroatoms. The zero-order chi connectivity index (χ0) is 14.4. The minimum atomic E-state index is 0.0162. The number of carbonyl (C=O) groups excluding carboxylic acids is 1. The van der Waals surface area contributed by atoms with Gasteiger partial charge in [-0.3, -0.25) is 4.79 Å². The average molecular weight is 273 g/mol. The zero-order valence-electron chi connectivity index (χ0n) is 11.8. The second-order valence-corrected chi connectivity index (χ2v) is 4.71. The van der Waals surface area contributed by atoms with E-state index >= 15 is 0 Å². The minimum absolute atomic E-state index is 0.0162. The molecule has 0 saturated carbocycles. The quantitative estimate of drug-likeness (QED) is 0.878. The number of unbranched alkanes of at least 4 members (excludes halogenated alkanes) is 1. The van der Waals surface area contributed by atoms with Crippen molar-refractivity contribution in [1.82, 2.24) is 15.5 Å². The summed E-state index contributed by atoms with van der Waals surface area (Å²) >= 11 is 0. The van der Waals surface area contributed by atoms with E-state index in [1.54, 1.807) is 0 Å². The molecular formula is C15H19N3O2. The summed E-state index contributed by atoms with van der Waals surface area (Å²) in [6.07, 6.45) is 2.44. The van der Waals surface area contributed by atoms with Gasteiger partial charge in [0.05, 0.1) is 6.54 Å². The molecule has 0 spiro atoms. The van der Waals surface area contributed by atoms with Crippen LogP contribution in [0.2, 0.25) is 0 Å². The fourth-order valence-corrected chi connectivity index (χ4v) is 1.86. The molecule has 0 radical (unpaired) electrons. The first kappa shape index (κ1) is 14.2. The van der Waals surface area contributed by atoms with E-state index in [4.69, 9.17) is 4.52 Å². The number of nitrogens with one attached hydrogen (secondary N) is 1. The van der Waals surface area contributed by atoms with Gasteiger partial charge in [-0.15, -0.1) is 0 Å². The highest BCUT2D eigenvalue weighted by molar-refractivity contribution is 5.75. The predicted molar refractivity (Wildman–Crippen MR) is 75.8 cm³/mol. The third-order valence-electron chi connectivity index (χ3n) is 3.05. The monoisotopic (exact) mass is 273 g/mol. The van der Waals surface area contributed by atoms with E-state index in [1.165, 1.54) is 0 Å². The van der Waals surface area contributed by atoms with Crippen molar-refractivity contribution in [3.8, 4) is 11.4 Å². The lowest BCUT2D eigenvalue weighted by atomic mass is 10.1. The molecule has 0 aliphatic rings. The summed E-state index contributed by atoms with van der Waals surface area (Å²) < 4.78 is 5.15. The molecule has 0 fully saturated rings. The van der Waals surface area contributed by atoms with Crippen molar-refractivity contribution < 1.29 is 9.32 Å². The van der Waals surface area contributed by atoms with Crippen LogP contribution in [0.25, 0.3) is 11.4 Å². The Morgan fingerprint density at radius 3 is 2.90 bits per heavy atom. The maximum atomic E-state index is 11.5. The van der Waals surface area contributed by atoms with Crippen molar-refractivity contribution in [2.75, 3.05) is 0 Å². The lowest BCUT2D eigenvalue weighted by molar-refractivity contribution is -0.121. The van der Waals surface area contributed by atoms with Crippen molar-refractivity contribution >= 4 is 5.91 Å². The van der Waals surface area contributed by atoms with E-state index in [1.807, 2.05) is 31.2 Å². The van der Waals surface area contributed by atoms with Gasteiger partial charge >= 0.3 is 0 Å². The topological polar surface area (TPSA) is 68.0 Å². The van der Waals surface area contributed by atoms with Gasteiger partial charge in [0.1, 0.15) is 0 Å². The van der Waals surface area contributed by atoms with Crippen molar-refractivity contribution in [3.63, 3.8) is 0 Å². The fourth-order valence-electron chi connectivity index (χ4n) is 1.86. The largest absolute Gasteiger partial charge is 0.347 e. The molecule has 2 rings (SSSR count). The minimum Gasteiger partial charge on any atom is -0.347 e. The molecule has 20 heavy (non-hydrogen) atoms. The molecule has 0 bridgehead atoms. The van der Waals surface area contributed by atoms with Gasteiger partial charge in [-0.2, -0.15) is 4.98 Å². The maximum absolute atomic E-state index is 11.5. The van der Waals surface area contributed by atoms with E-state index < -0.39 is 0 Å². The molecule has 1 heterocycles. The van der Waals surface area contributed by atoms with E-state index in [0.29, 0.717) is 18.1 Å². The van der Waals surface area contributed by atoms with Crippen molar-refractivity contribution in [2.45, 2.75) is 39.7 Å². The van der Waals surface area contributed by atoms with Crippen molar-refractivity contribution in [2.24, 2.45) is 0 Å². The summed E-state index contributed by atoms with van der Waals surface area (Å²) in [7, 11) is 0. The number of amides is 1. The Labute approximate surface area is 118 Å².